The molecule has 1 fully saturated rings. The van der Waals surface area contributed by atoms with E-state index >= 15 is 0 Å². The second kappa shape index (κ2) is 9.30. The average molecular weight is 354 g/mol. The second-order valence-corrected chi connectivity index (χ2v) is 7.86. The molecule has 0 atom stereocenters. The van der Waals surface area contributed by atoms with E-state index in [0.29, 0.717) is 11.5 Å². The molecule has 1 aromatic carbocycles. The highest BCUT2D eigenvalue weighted by Crippen LogP contribution is 2.38. The van der Waals surface area contributed by atoms with Crippen LogP contribution in [0.15, 0.2) is 36.5 Å². The van der Waals surface area contributed by atoms with Crippen molar-refractivity contribution in [3.05, 3.63) is 53.5 Å². The summed E-state index contributed by atoms with van der Waals surface area (Å²) in [4.78, 5) is 4.43. The van der Waals surface area contributed by atoms with Crippen molar-refractivity contribution in [2.24, 2.45) is 5.92 Å². The third-order valence-electron chi connectivity index (χ3n) is 6.04. The minimum absolute atomic E-state index is 0.135. The molecule has 2 heteroatoms. The molecule has 0 amide bonds. The van der Waals surface area contributed by atoms with Crippen LogP contribution in [0.4, 0.5) is 4.39 Å². The molecule has 1 aliphatic carbocycles. The van der Waals surface area contributed by atoms with Gasteiger partial charge in [-0.2, -0.15) is 0 Å². The molecular weight excluding hydrogens is 321 g/mol. The van der Waals surface area contributed by atoms with Gasteiger partial charge < -0.3 is 0 Å². The number of aryl methyl sites for hydroxylation is 1. The van der Waals surface area contributed by atoms with Gasteiger partial charge in [0.05, 0.1) is 5.69 Å². The van der Waals surface area contributed by atoms with E-state index in [-0.39, 0.29) is 5.82 Å². The van der Waals surface area contributed by atoms with Gasteiger partial charge in [-0.1, -0.05) is 51.7 Å². The van der Waals surface area contributed by atoms with Crippen molar-refractivity contribution in [2.75, 3.05) is 0 Å². The largest absolute Gasteiger partial charge is 0.256 e. The molecule has 0 spiro atoms. The zero-order valence-corrected chi connectivity index (χ0v) is 16.3. The summed E-state index contributed by atoms with van der Waals surface area (Å²) in [6, 6.07) is 9.77. The maximum Gasteiger partial charge on any atom is 0.132 e. The van der Waals surface area contributed by atoms with E-state index < -0.39 is 0 Å². The number of unbranched alkanes of at least 4 members (excludes halogenated alkanes) is 2. The van der Waals surface area contributed by atoms with Crippen LogP contribution in [0.3, 0.4) is 0 Å². The highest BCUT2D eigenvalue weighted by molar-refractivity contribution is 5.60. The summed E-state index contributed by atoms with van der Waals surface area (Å²) in [6.07, 6.45) is 13.2. The summed E-state index contributed by atoms with van der Waals surface area (Å²) in [7, 11) is 0. The third-order valence-corrected chi connectivity index (χ3v) is 6.04. The molecule has 0 bridgehead atoms. The van der Waals surface area contributed by atoms with Gasteiger partial charge in [-0.05, 0) is 73.3 Å². The van der Waals surface area contributed by atoms with Crippen LogP contribution in [0.2, 0.25) is 0 Å². The first-order valence-electron chi connectivity index (χ1n) is 10.5. The van der Waals surface area contributed by atoms with E-state index in [1.165, 1.54) is 62.5 Å². The zero-order valence-electron chi connectivity index (χ0n) is 16.3. The second-order valence-electron chi connectivity index (χ2n) is 7.86. The fourth-order valence-electron chi connectivity index (χ4n) is 4.25. The molecule has 3 rings (SSSR count). The van der Waals surface area contributed by atoms with Gasteiger partial charge in [-0.25, -0.2) is 4.39 Å². The highest BCUT2D eigenvalue weighted by Gasteiger charge is 2.23. The molecule has 1 aromatic heterocycles. The first kappa shape index (κ1) is 19.1. The summed E-state index contributed by atoms with van der Waals surface area (Å²) in [5, 5.41) is 0. The van der Waals surface area contributed by atoms with E-state index in [1.54, 1.807) is 6.07 Å². The molecule has 0 aliphatic heterocycles. The number of rotatable bonds is 7. The first-order valence-corrected chi connectivity index (χ1v) is 10.5. The lowest BCUT2D eigenvalue weighted by Crippen LogP contribution is -2.13. The zero-order chi connectivity index (χ0) is 18.4. The van der Waals surface area contributed by atoms with Crippen LogP contribution in [0, 0.1) is 11.7 Å². The maximum absolute atomic E-state index is 14.7. The predicted octanol–water partition coefficient (Wildman–Crippen LogP) is 7.30. The number of pyridine rings is 1. The summed E-state index contributed by atoms with van der Waals surface area (Å²) in [5.41, 5.74) is 3.69. The molecule has 1 nitrogen and oxygen atoms in total. The Kier molecular flexibility index (Phi) is 6.82. The Hall–Kier alpha value is -1.70. The molecule has 1 saturated carbocycles. The summed E-state index contributed by atoms with van der Waals surface area (Å²) < 4.78 is 14.7. The van der Waals surface area contributed by atoms with Crippen LogP contribution in [0.5, 0.6) is 0 Å². The van der Waals surface area contributed by atoms with E-state index in [1.807, 2.05) is 24.4 Å². The van der Waals surface area contributed by atoms with Gasteiger partial charge in [0, 0.05) is 11.8 Å². The third kappa shape index (κ3) is 4.72. The fourth-order valence-corrected chi connectivity index (χ4v) is 4.25. The van der Waals surface area contributed by atoms with Gasteiger partial charge in [0.15, 0.2) is 0 Å². The summed E-state index contributed by atoms with van der Waals surface area (Å²) in [6.45, 7) is 4.37. The molecule has 0 unspecified atom stereocenters. The van der Waals surface area contributed by atoms with Crippen LogP contribution in [0.25, 0.3) is 11.3 Å². The molecule has 1 aliphatic rings. The number of halogens is 1. The molecule has 0 radical (unpaired) electrons. The fraction of sp³-hybridized carbons (Fsp3) is 0.542. The van der Waals surface area contributed by atoms with Crippen LogP contribution in [-0.2, 0) is 6.42 Å². The lowest BCUT2D eigenvalue weighted by molar-refractivity contribution is 0.302. The first-order chi connectivity index (χ1) is 12.7. The van der Waals surface area contributed by atoms with Crippen molar-refractivity contribution >= 4 is 0 Å². The molecule has 0 N–H and O–H groups in total. The Morgan fingerprint density at radius 3 is 2.42 bits per heavy atom. The monoisotopic (exact) mass is 353 g/mol. The van der Waals surface area contributed by atoms with Crippen LogP contribution < -0.4 is 0 Å². The predicted molar refractivity (Wildman–Crippen MR) is 108 cm³/mol. The summed E-state index contributed by atoms with van der Waals surface area (Å²) >= 11 is 0. The van der Waals surface area contributed by atoms with Gasteiger partial charge in [-0.15, -0.1) is 0 Å². The van der Waals surface area contributed by atoms with E-state index in [0.717, 1.165) is 18.0 Å². The van der Waals surface area contributed by atoms with Crippen molar-refractivity contribution in [3.8, 4) is 11.3 Å². The Balaban J connectivity index is 1.62. The number of hydrogen-bond donors (Lipinski definition) is 0. The topological polar surface area (TPSA) is 12.9 Å². The summed E-state index contributed by atoms with van der Waals surface area (Å²) in [5.74, 6) is 1.28. The van der Waals surface area contributed by atoms with Crippen molar-refractivity contribution in [1.29, 1.82) is 0 Å². The van der Waals surface area contributed by atoms with Crippen molar-refractivity contribution in [3.63, 3.8) is 0 Å². The van der Waals surface area contributed by atoms with Crippen molar-refractivity contribution in [2.45, 2.75) is 77.6 Å². The van der Waals surface area contributed by atoms with Crippen molar-refractivity contribution in [1.82, 2.24) is 4.98 Å². The minimum atomic E-state index is -0.135. The SMILES string of the molecule is CCCCC[C@H]1CC[C@H](c2ccc(-c3ccc(CC)cn3)c(F)c2)CC1. The van der Waals surface area contributed by atoms with Gasteiger partial charge in [0.1, 0.15) is 5.82 Å². The van der Waals surface area contributed by atoms with Crippen LogP contribution in [0.1, 0.15) is 82.3 Å². The van der Waals surface area contributed by atoms with E-state index in [4.69, 9.17) is 0 Å². The van der Waals surface area contributed by atoms with Gasteiger partial charge in [0.2, 0.25) is 0 Å². The normalized spacial score (nSPS) is 20.3. The molecular formula is C24H32FN. The maximum atomic E-state index is 14.7. The van der Waals surface area contributed by atoms with Gasteiger partial charge in [0.25, 0.3) is 0 Å². The lowest BCUT2D eigenvalue weighted by atomic mass is 9.77. The van der Waals surface area contributed by atoms with Crippen LogP contribution in [-0.4, -0.2) is 4.98 Å². The Morgan fingerprint density at radius 1 is 1.00 bits per heavy atom. The molecule has 2 aromatic rings. The average Bonchev–Trinajstić information content (AvgIpc) is 2.69. The van der Waals surface area contributed by atoms with Crippen molar-refractivity contribution < 1.29 is 4.39 Å². The quantitative estimate of drug-likeness (QED) is 0.476. The number of benzene rings is 1. The molecule has 26 heavy (non-hydrogen) atoms. The Labute approximate surface area is 158 Å². The molecule has 1 heterocycles. The van der Waals surface area contributed by atoms with E-state index in [9.17, 15) is 4.39 Å². The van der Waals surface area contributed by atoms with E-state index in [2.05, 4.69) is 24.9 Å². The Bertz CT molecular complexity index is 684. The standard InChI is InChI=1S/C24H32FN/c1-3-5-6-7-19-8-11-20(12-9-19)21-13-14-22(23(25)16-21)24-15-10-18(4-2)17-26-24/h10,13-17,19-20H,3-9,11-12H2,1-2H3/t19-,20-. The Morgan fingerprint density at radius 2 is 1.81 bits per heavy atom. The van der Waals surface area contributed by atoms with Gasteiger partial charge in [-0.3, -0.25) is 4.98 Å². The minimum Gasteiger partial charge on any atom is -0.256 e. The van der Waals surface area contributed by atoms with Crippen LogP contribution >= 0.6 is 0 Å². The smallest absolute Gasteiger partial charge is 0.132 e. The number of nitrogens with zero attached hydrogens (tertiary/aromatic N) is 1. The lowest BCUT2D eigenvalue weighted by Gasteiger charge is -2.29. The number of hydrogen-bond acceptors (Lipinski definition) is 1. The molecule has 0 saturated heterocycles. The van der Waals surface area contributed by atoms with Gasteiger partial charge >= 0.3 is 0 Å². The highest BCUT2D eigenvalue weighted by atomic mass is 19.1. The molecule has 140 valence electrons. The number of aromatic nitrogens is 1.